The molecule has 31 heavy (non-hydrogen) atoms. The van der Waals surface area contributed by atoms with E-state index in [1.54, 1.807) is 18.3 Å². The van der Waals surface area contributed by atoms with Crippen LogP contribution in [0.3, 0.4) is 0 Å². The van der Waals surface area contributed by atoms with Gasteiger partial charge in [0.25, 0.3) is 0 Å². The van der Waals surface area contributed by atoms with Crippen LogP contribution in [0.15, 0.2) is 48.7 Å². The number of nitrogens with one attached hydrogen (secondary N) is 1. The van der Waals surface area contributed by atoms with Crippen LogP contribution >= 0.6 is 0 Å². The maximum Gasteiger partial charge on any atom is 0.321 e. The number of fused-ring (bicyclic) bond motifs is 1. The van der Waals surface area contributed by atoms with Gasteiger partial charge in [-0.15, -0.1) is 0 Å². The number of H-pyrrole nitrogens is 1. The third-order valence-electron chi connectivity index (χ3n) is 4.70. The van der Waals surface area contributed by atoms with Gasteiger partial charge in [-0.05, 0) is 23.6 Å². The van der Waals surface area contributed by atoms with E-state index in [4.69, 9.17) is 19.9 Å². The van der Waals surface area contributed by atoms with Gasteiger partial charge in [-0.3, -0.25) is 25.2 Å². The molecule has 1 atom stereocenters. The number of nitrogens with two attached hydrogens (primary N) is 1. The van der Waals surface area contributed by atoms with Crippen molar-refractivity contribution in [2.45, 2.75) is 26.6 Å². The highest BCUT2D eigenvalue weighted by Gasteiger charge is 2.31. The zero-order valence-corrected chi connectivity index (χ0v) is 17.0. The summed E-state index contributed by atoms with van der Waals surface area (Å²) < 4.78 is 15.4. The van der Waals surface area contributed by atoms with E-state index in [9.17, 15) is 14.4 Å². The Kier molecular flexibility index (Phi) is 7.34. The summed E-state index contributed by atoms with van der Waals surface area (Å²) in [6.45, 7) is 0.937. The monoisotopic (exact) mass is 425 g/mol. The van der Waals surface area contributed by atoms with Crippen LogP contribution in [0.4, 0.5) is 0 Å². The van der Waals surface area contributed by atoms with Crippen LogP contribution in [0.5, 0.6) is 0 Å². The smallest absolute Gasteiger partial charge is 0.321 e. The van der Waals surface area contributed by atoms with E-state index in [1.807, 2.05) is 30.3 Å². The number of carbonyl (C=O) groups excluding carboxylic acids is 3. The number of esters is 3. The van der Waals surface area contributed by atoms with Gasteiger partial charge in [-0.2, -0.15) is 5.10 Å². The molecule has 0 aliphatic rings. The number of rotatable bonds is 9. The lowest BCUT2D eigenvalue weighted by Crippen LogP contribution is -2.31. The van der Waals surface area contributed by atoms with E-state index in [2.05, 4.69) is 10.2 Å². The van der Waals surface area contributed by atoms with E-state index in [-0.39, 0.29) is 26.4 Å². The highest BCUT2D eigenvalue weighted by molar-refractivity contribution is 5.95. The van der Waals surface area contributed by atoms with Gasteiger partial charge in [0.05, 0.1) is 11.7 Å². The average Bonchev–Trinajstić information content (AvgIpc) is 3.24. The Morgan fingerprint density at radius 1 is 1.00 bits per heavy atom. The molecule has 9 heteroatoms. The largest absolute Gasteiger partial charge is 0.461 e. The molecule has 0 bridgehead atoms. The van der Waals surface area contributed by atoms with Crippen molar-refractivity contribution in [3.05, 3.63) is 65.4 Å². The lowest BCUT2D eigenvalue weighted by Gasteiger charge is -2.17. The lowest BCUT2D eigenvalue weighted by atomic mass is 9.94. The standard InChI is InChI=1S/C22H23N3O6/c1-14(26)29-12-19-16(7-8-20-18(19)10-24-25-20)9-17(22(28)31-13-23)21(27)30-11-15-5-3-2-4-6-15/h2-8,10,17H,9,11-13,23H2,1H3,(H,24,25). The highest BCUT2D eigenvalue weighted by Crippen LogP contribution is 2.25. The minimum atomic E-state index is -1.23. The molecule has 0 fully saturated rings. The number of benzene rings is 2. The second-order valence-corrected chi connectivity index (χ2v) is 6.79. The predicted molar refractivity (Wildman–Crippen MR) is 110 cm³/mol. The Morgan fingerprint density at radius 2 is 1.74 bits per heavy atom. The van der Waals surface area contributed by atoms with E-state index in [1.165, 1.54) is 6.92 Å². The summed E-state index contributed by atoms with van der Waals surface area (Å²) in [5, 5.41) is 7.57. The first-order valence-corrected chi connectivity index (χ1v) is 9.64. The van der Waals surface area contributed by atoms with Crippen LogP contribution in [0.25, 0.3) is 10.9 Å². The first-order valence-electron chi connectivity index (χ1n) is 9.64. The van der Waals surface area contributed by atoms with E-state index in [0.717, 1.165) is 16.5 Å². The summed E-state index contributed by atoms with van der Waals surface area (Å²) in [4.78, 5) is 36.6. The topological polar surface area (TPSA) is 134 Å². The number of hydrogen-bond acceptors (Lipinski definition) is 8. The predicted octanol–water partition coefficient (Wildman–Crippen LogP) is 1.99. The number of aromatic amines is 1. The first-order chi connectivity index (χ1) is 15.0. The van der Waals surface area contributed by atoms with Crippen molar-refractivity contribution in [1.82, 2.24) is 10.2 Å². The molecule has 3 N–H and O–H groups in total. The Labute approximate surface area is 178 Å². The molecule has 9 nitrogen and oxygen atoms in total. The number of ether oxygens (including phenoxy) is 3. The Hall–Kier alpha value is -3.72. The van der Waals surface area contributed by atoms with Crippen LogP contribution in [0.2, 0.25) is 0 Å². The second kappa shape index (κ2) is 10.4. The van der Waals surface area contributed by atoms with Gasteiger partial charge in [0, 0.05) is 17.9 Å². The van der Waals surface area contributed by atoms with Crippen molar-refractivity contribution in [2.75, 3.05) is 6.73 Å². The van der Waals surface area contributed by atoms with Crippen molar-refractivity contribution in [1.29, 1.82) is 0 Å². The summed E-state index contributed by atoms with van der Waals surface area (Å²) >= 11 is 0. The zero-order chi connectivity index (χ0) is 22.2. The number of carbonyl (C=O) groups is 3. The number of aromatic nitrogens is 2. The molecular formula is C22H23N3O6. The molecule has 1 heterocycles. The molecule has 0 aliphatic heterocycles. The molecule has 2 aromatic carbocycles. The minimum absolute atomic E-state index is 0.00975. The molecule has 3 rings (SSSR count). The van der Waals surface area contributed by atoms with Crippen LogP contribution in [-0.2, 0) is 48.2 Å². The van der Waals surface area contributed by atoms with Gasteiger partial charge in [-0.25, -0.2) is 0 Å². The molecule has 0 aliphatic carbocycles. The maximum absolute atomic E-state index is 12.8. The van der Waals surface area contributed by atoms with E-state index >= 15 is 0 Å². The molecule has 0 spiro atoms. The van der Waals surface area contributed by atoms with E-state index < -0.39 is 23.8 Å². The summed E-state index contributed by atoms with van der Waals surface area (Å²) in [5.74, 6) is -3.19. The molecule has 1 unspecified atom stereocenters. The second-order valence-electron chi connectivity index (χ2n) is 6.79. The molecule has 162 valence electrons. The first kappa shape index (κ1) is 22.0. The molecule has 0 saturated heterocycles. The van der Waals surface area contributed by atoms with Crippen LogP contribution < -0.4 is 5.73 Å². The quantitative estimate of drug-likeness (QED) is 0.230. The third-order valence-corrected chi connectivity index (χ3v) is 4.70. The van der Waals surface area contributed by atoms with Gasteiger partial charge in [-0.1, -0.05) is 36.4 Å². The fourth-order valence-electron chi connectivity index (χ4n) is 3.15. The zero-order valence-electron chi connectivity index (χ0n) is 17.0. The fraction of sp³-hybridized carbons (Fsp3) is 0.273. The molecule has 1 aromatic heterocycles. The Bertz CT molecular complexity index is 1060. The summed E-state index contributed by atoms with van der Waals surface area (Å²) in [6, 6.07) is 12.6. The SMILES string of the molecule is CC(=O)OCc1c(CC(C(=O)OCN)C(=O)OCc2ccccc2)ccc2[nH]ncc12. The van der Waals surface area contributed by atoms with Gasteiger partial charge in [0.2, 0.25) is 0 Å². The lowest BCUT2D eigenvalue weighted by molar-refractivity contribution is -0.162. The normalized spacial score (nSPS) is 11.7. The van der Waals surface area contributed by atoms with E-state index in [0.29, 0.717) is 11.1 Å². The molecule has 0 amide bonds. The van der Waals surface area contributed by atoms with Crippen molar-refractivity contribution in [3.8, 4) is 0 Å². The van der Waals surface area contributed by atoms with Crippen molar-refractivity contribution < 1.29 is 28.6 Å². The van der Waals surface area contributed by atoms with Gasteiger partial charge < -0.3 is 14.2 Å². The average molecular weight is 425 g/mol. The maximum atomic E-state index is 12.8. The van der Waals surface area contributed by atoms with Crippen LogP contribution in [0, 0.1) is 5.92 Å². The molecule has 0 radical (unpaired) electrons. The summed E-state index contributed by atoms with van der Waals surface area (Å²) in [7, 11) is 0. The number of hydrogen-bond donors (Lipinski definition) is 2. The molecular weight excluding hydrogens is 402 g/mol. The van der Waals surface area contributed by atoms with Gasteiger partial charge >= 0.3 is 17.9 Å². The van der Waals surface area contributed by atoms with Crippen molar-refractivity contribution in [3.63, 3.8) is 0 Å². The van der Waals surface area contributed by atoms with Crippen molar-refractivity contribution >= 4 is 28.8 Å². The third kappa shape index (κ3) is 5.67. The van der Waals surface area contributed by atoms with Crippen molar-refractivity contribution in [2.24, 2.45) is 11.7 Å². The molecule has 3 aromatic rings. The van der Waals surface area contributed by atoms with Gasteiger partial charge in [0.1, 0.15) is 19.9 Å². The van der Waals surface area contributed by atoms with Crippen LogP contribution in [0.1, 0.15) is 23.6 Å². The summed E-state index contributed by atoms with van der Waals surface area (Å²) in [6.07, 6.45) is 1.59. The van der Waals surface area contributed by atoms with Crippen LogP contribution in [-0.4, -0.2) is 34.8 Å². The Balaban J connectivity index is 1.85. The van der Waals surface area contributed by atoms with Gasteiger partial charge in [0.15, 0.2) is 5.92 Å². The minimum Gasteiger partial charge on any atom is -0.461 e. The Morgan fingerprint density at radius 3 is 2.45 bits per heavy atom. The molecule has 0 saturated carbocycles. The summed E-state index contributed by atoms with van der Waals surface area (Å²) in [5.41, 5.74) is 8.13. The fourth-order valence-corrected chi connectivity index (χ4v) is 3.15. The highest BCUT2D eigenvalue weighted by atomic mass is 16.6. The number of nitrogens with zero attached hydrogens (tertiary/aromatic N) is 1.